The summed E-state index contributed by atoms with van der Waals surface area (Å²) in [5.41, 5.74) is 4.09. The van der Waals surface area contributed by atoms with Crippen LogP contribution in [0.15, 0.2) is 24.5 Å². The number of aryl methyl sites for hydroxylation is 2. The number of hydrogen-bond acceptors (Lipinski definition) is 2. The van der Waals surface area contributed by atoms with Gasteiger partial charge in [0.05, 0.1) is 17.6 Å². The fourth-order valence-electron chi connectivity index (χ4n) is 1.83. The number of pyridine rings is 1. The van der Waals surface area contributed by atoms with Gasteiger partial charge < -0.3 is 9.97 Å². The Hall–Kier alpha value is -2.10. The maximum atomic E-state index is 4.34. The summed E-state index contributed by atoms with van der Waals surface area (Å²) in [5, 5.41) is 1.13. The van der Waals surface area contributed by atoms with Gasteiger partial charge in [-0.15, -0.1) is 0 Å². The van der Waals surface area contributed by atoms with Gasteiger partial charge in [-0.05, 0) is 31.5 Å². The van der Waals surface area contributed by atoms with Crippen LogP contribution in [-0.2, 0) is 0 Å². The van der Waals surface area contributed by atoms with Gasteiger partial charge in [0, 0.05) is 11.6 Å². The van der Waals surface area contributed by atoms with Crippen LogP contribution >= 0.6 is 0 Å². The first-order chi connectivity index (χ1) is 7.72. The Morgan fingerprint density at radius 1 is 0.938 bits per heavy atom. The second-order valence-corrected chi connectivity index (χ2v) is 4.02. The molecule has 0 fully saturated rings. The van der Waals surface area contributed by atoms with Gasteiger partial charge >= 0.3 is 0 Å². The summed E-state index contributed by atoms with van der Waals surface area (Å²) < 4.78 is 0. The lowest BCUT2D eigenvalue weighted by Crippen LogP contribution is -1.79. The number of rotatable bonds is 1. The standard InChI is InChI=1S/C12H12N4/c1-7-3-9-4-10(16-12(9)14-5-7)11-6-13-8(2)15-11/h3-6H,1-2H3,(H,13,15)(H,14,16). The monoisotopic (exact) mass is 212 g/mol. The summed E-state index contributed by atoms with van der Waals surface area (Å²) in [4.78, 5) is 15.0. The Kier molecular flexibility index (Phi) is 1.83. The van der Waals surface area contributed by atoms with Crippen LogP contribution in [0.4, 0.5) is 0 Å². The van der Waals surface area contributed by atoms with Gasteiger partial charge in [0.1, 0.15) is 11.5 Å². The van der Waals surface area contributed by atoms with Crippen LogP contribution < -0.4 is 0 Å². The first kappa shape index (κ1) is 9.15. The summed E-state index contributed by atoms with van der Waals surface area (Å²) in [6, 6.07) is 4.20. The van der Waals surface area contributed by atoms with Gasteiger partial charge in [-0.2, -0.15) is 0 Å². The molecule has 4 nitrogen and oxygen atoms in total. The van der Waals surface area contributed by atoms with Crippen LogP contribution in [0.25, 0.3) is 22.4 Å². The van der Waals surface area contributed by atoms with E-state index < -0.39 is 0 Å². The van der Waals surface area contributed by atoms with Crippen molar-refractivity contribution in [2.45, 2.75) is 13.8 Å². The predicted molar refractivity (Wildman–Crippen MR) is 63.1 cm³/mol. The van der Waals surface area contributed by atoms with Crippen LogP contribution in [-0.4, -0.2) is 19.9 Å². The predicted octanol–water partition coefficient (Wildman–Crippen LogP) is 2.57. The van der Waals surface area contributed by atoms with Crippen molar-refractivity contribution in [3.8, 4) is 11.4 Å². The van der Waals surface area contributed by atoms with Crippen molar-refractivity contribution in [1.82, 2.24) is 19.9 Å². The molecule has 0 aliphatic heterocycles. The van der Waals surface area contributed by atoms with Gasteiger partial charge in [0.2, 0.25) is 0 Å². The Morgan fingerprint density at radius 2 is 1.81 bits per heavy atom. The number of nitrogens with zero attached hydrogens (tertiary/aromatic N) is 2. The van der Waals surface area contributed by atoms with Crippen LogP contribution in [0, 0.1) is 13.8 Å². The third-order valence-corrected chi connectivity index (χ3v) is 2.60. The van der Waals surface area contributed by atoms with E-state index in [-0.39, 0.29) is 0 Å². The third kappa shape index (κ3) is 1.39. The van der Waals surface area contributed by atoms with E-state index in [1.54, 1.807) is 0 Å². The van der Waals surface area contributed by atoms with Crippen LogP contribution in [0.5, 0.6) is 0 Å². The highest BCUT2D eigenvalue weighted by atomic mass is 14.9. The zero-order valence-electron chi connectivity index (χ0n) is 9.20. The molecule has 0 unspecified atom stereocenters. The zero-order chi connectivity index (χ0) is 11.1. The molecule has 0 bridgehead atoms. The minimum atomic E-state index is 0.910. The third-order valence-electron chi connectivity index (χ3n) is 2.60. The highest BCUT2D eigenvalue weighted by molar-refractivity contribution is 5.82. The number of nitrogens with one attached hydrogen (secondary N) is 2. The molecule has 2 N–H and O–H groups in total. The van der Waals surface area contributed by atoms with Crippen molar-refractivity contribution >= 4 is 11.0 Å². The smallest absolute Gasteiger partial charge is 0.137 e. The Morgan fingerprint density at radius 3 is 2.56 bits per heavy atom. The molecule has 0 saturated carbocycles. The number of fused-ring (bicyclic) bond motifs is 1. The normalized spacial score (nSPS) is 11.1. The summed E-state index contributed by atoms with van der Waals surface area (Å²) in [7, 11) is 0. The molecule has 0 aliphatic rings. The zero-order valence-corrected chi connectivity index (χ0v) is 9.20. The summed E-state index contributed by atoms with van der Waals surface area (Å²) in [6.45, 7) is 3.98. The second-order valence-electron chi connectivity index (χ2n) is 4.02. The van der Waals surface area contributed by atoms with Gasteiger partial charge in [-0.1, -0.05) is 0 Å². The highest BCUT2D eigenvalue weighted by Crippen LogP contribution is 2.21. The molecule has 3 aromatic heterocycles. The maximum absolute atomic E-state index is 4.34. The number of H-pyrrole nitrogens is 2. The molecule has 3 aromatic rings. The van der Waals surface area contributed by atoms with Crippen LogP contribution in [0.1, 0.15) is 11.4 Å². The van der Waals surface area contributed by atoms with E-state index >= 15 is 0 Å². The highest BCUT2D eigenvalue weighted by Gasteiger charge is 2.05. The largest absolute Gasteiger partial charge is 0.341 e. The fraction of sp³-hybridized carbons (Fsp3) is 0.167. The van der Waals surface area contributed by atoms with E-state index in [0.717, 1.165) is 28.2 Å². The van der Waals surface area contributed by atoms with Crippen molar-refractivity contribution in [3.63, 3.8) is 0 Å². The van der Waals surface area contributed by atoms with E-state index in [1.165, 1.54) is 5.56 Å². The van der Waals surface area contributed by atoms with E-state index in [2.05, 4.69) is 32.1 Å². The van der Waals surface area contributed by atoms with E-state index in [9.17, 15) is 0 Å². The SMILES string of the molecule is Cc1cnc2[nH]c(-c3cnc(C)[nH]3)cc2c1. The van der Waals surface area contributed by atoms with Crippen molar-refractivity contribution in [3.05, 3.63) is 35.9 Å². The maximum Gasteiger partial charge on any atom is 0.137 e. The fourth-order valence-corrected chi connectivity index (χ4v) is 1.83. The van der Waals surface area contributed by atoms with Gasteiger partial charge in [-0.25, -0.2) is 9.97 Å². The molecule has 0 radical (unpaired) electrons. The molecule has 0 spiro atoms. The molecule has 0 aromatic carbocycles. The molecule has 0 amide bonds. The topological polar surface area (TPSA) is 57.4 Å². The Bertz CT molecular complexity index is 648. The minimum Gasteiger partial charge on any atom is -0.341 e. The van der Waals surface area contributed by atoms with Crippen molar-refractivity contribution < 1.29 is 0 Å². The minimum absolute atomic E-state index is 0.910. The second kappa shape index (κ2) is 3.20. The quantitative estimate of drug-likeness (QED) is 0.651. The van der Waals surface area contributed by atoms with Crippen molar-refractivity contribution in [2.75, 3.05) is 0 Å². The average molecular weight is 212 g/mol. The molecule has 16 heavy (non-hydrogen) atoms. The summed E-state index contributed by atoms with van der Waals surface area (Å²) in [5.74, 6) is 0.915. The number of hydrogen-bond donors (Lipinski definition) is 2. The number of aromatic nitrogens is 4. The molecule has 0 atom stereocenters. The molecule has 80 valence electrons. The molecule has 3 rings (SSSR count). The molecule has 0 aliphatic carbocycles. The van der Waals surface area contributed by atoms with Crippen LogP contribution in [0.3, 0.4) is 0 Å². The van der Waals surface area contributed by atoms with Crippen molar-refractivity contribution in [1.29, 1.82) is 0 Å². The molecule has 3 heterocycles. The van der Waals surface area contributed by atoms with Gasteiger partial charge in [0.15, 0.2) is 0 Å². The van der Waals surface area contributed by atoms with Gasteiger partial charge in [-0.3, -0.25) is 0 Å². The molecule has 0 saturated heterocycles. The van der Waals surface area contributed by atoms with Crippen molar-refractivity contribution in [2.24, 2.45) is 0 Å². The molecular weight excluding hydrogens is 200 g/mol. The number of imidazole rings is 1. The Labute approximate surface area is 92.8 Å². The van der Waals surface area contributed by atoms with E-state index in [4.69, 9.17) is 0 Å². The Balaban J connectivity index is 2.18. The first-order valence-electron chi connectivity index (χ1n) is 5.20. The lowest BCUT2D eigenvalue weighted by Gasteiger charge is -1.90. The average Bonchev–Trinajstić information content (AvgIpc) is 2.83. The molecule has 4 heteroatoms. The summed E-state index contributed by atoms with van der Waals surface area (Å²) >= 11 is 0. The molecular formula is C12H12N4. The van der Waals surface area contributed by atoms with E-state index in [0.29, 0.717) is 0 Å². The lowest BCUT2D eigenvalue weighted by molar-refractivity contribution is 1.15. The summed E-state index contributed by atoms with van der Waals surface area (Å²) in [6.07, 6.45) is 3.69. The van der Waals surface area contributed by atoms with E-state index in [1.807, 2.05) is 26.2 Å². The number of aromatic amines is 2. The lowest BCUT2D eigenvalue weighted by atomic mass is 10.2. The van der Waals surface area contributed by atoms with Gasteiger partial charge in [0.25, 0.3) is 0 Å². The first-order valence-corrected chi connectivity index (χ1v) is 5.20. The van der Waals surface area contributed by atoms with Crippen LogP contribution in [0.2, 0.25) is 0 Å².